The van der Waals surface area contributed by atoms with Gasteiger partial charge in [-0.1, -0.05) is 30.3 Å². The van der Waals surface area contributed by atoms with E-state index in [-0.39, 0.29) is 25.4 Å². The number of carbonyl (C=O) groups excluding carboxylic acids is 2. The van der Waals surface area contributed by atoms with E-state index in [0.717, 1.165) is 5.56 Å². The SMILES string of the molecule is CCOC(=O)C1=C(C)NC(=S)N[C@@H]1c1ccccc1OCC(=O)NN=Cc1ccc(OCc2ccc(C(=O)O)cc2)c(OC)c1. The predicted octanol–water partition coefficient (Wildman–Crippen LogP) is 3.86. The number of nitrogens with one attached hydrogen (secondary N) is 3. The summed E-state index contributed by atoms with van der Waals surface area (Å²) in [5.41, 5.74) is 5.58. The van der Waals surface area contributed by atoms with Gasteiger partial charge in [0.1, 0.15) is 12.4 Å². The zero-order chi connectivity index (χ0) is 32.3. The van der Waals surface area contributed by atoms with E-state index in [1.807, 2.05) is 0 Å². The molecule has 0 fully saturated rings. The van der Waals surface area contributed by atoms with Gasteiger partial charge in [-0.3, -0.25) is 4.79 Å². The Bertz CT molecular complexity index is 1640. The van der Waals surface area contributed by atoms with Crippen LogP contribution in [0.1, 0.15) is 46.9 Å². The molecule has 1 heterocycles. The summed E-state index contributed by atoms with van der Waals surface area (Å²) in [5.74, 6) is -0.685. The van der Waals surface area contributed by atoms with Crippen LogP contribution in [0.4, 0.5) is 0 Å². The molecule has 1 aliphatic rings. The van der Waals surface area contributed by atoms with E-state index in [0.29, 0.717) is 44.8 Å². The first kappa shape index (κ1) is 32.5. The van der Waals surface area contributed by atoms with Crippen LogP contribution in [0, 0.1) is 0 Å². The van der Waals surface area contributed by atoms with E-state index < -0.39 is 23.9 Å². The van der Waals surface area contributed by atoms with Crippen molar-refractivity contribution in [1.82, 2.24) is 16.1 Å². The number of esters is 1. The highest BCUT2D eigenvalue weighted by Crippen LogP contribution is 2.33. The van der Waals surface area contributed by atoms with Gasteiger partial charge in [0.05, 0.1) is 37.1 Å². The van der Waals surface area contributed by atoms with Gasteiger partial charge in [-0.2, -0.15) is 5.10 Å². The Morgan fingerprint density at radius 1 is 1.02 bits per heavy atom. The number of carbonyl (C=O) groups is 3. The van der Waals surface area contributed by atoms with Crippen molar-refractivity contribution in [2.45, 2.75) is 26.5 Å². The topological polar surface area (TPSA) is 157 Å². The molecular formula is C32H32N4O8S. The summed E-state index contributed by atoms with van der Waals surface area (Å²) in [6.45, 7) is 3.54. The number of hydrogen-bond donors (Lipinski definition) is 4. The maximum atomic E-state index is 12.7. The van der Waals surface area contributed by atoms with Gasteiger partial charge >= 0.3 is 11.9 Å². The normalized spacial score (nSPS) is 14.3. The van der Waals surface area contributed by atoms with Crippen molar-refractivity contribution in [2.24, 2.45) is 5.10 Å². The Hall–Kier alpha value is -5.43. The summed E-state index contributed by atoms with van der Waals surface area (Å²) in [7, 11) is 1.50. The van der Waals surface area contributed by atoms with E-state index in [1.54, 1.807) is 68.4 Å². The molecule has 1 atom stereocenters. The number of amides is 1. The third kappa shape index (κ3) is 8.57. The van der Waals surface area contributed by atoms with Crippen LogP contribution in [0.25, 0.3) is 0 Å². The van der Waals surface area contributed by atoms with Crippen molar-refractivity contribution in [3.05, 3.63) is 100 Å². The van der Waals surface area contributed by atoms with Gasteiger partial charge < -0.3 is 34.7 Å². The minimum absolute atomic E-state index is 0.195. The molecule has 0 saturated heterocycles. The molecular weight excluding hydrogens is 600 g/mol. The number of rotatable bonds is 13. The van der Waals surface area contributed by atoms with Crippen molar-refractivity contribution in [1.29, 1.82) is 0 Å². The fraction of sp³-hybridized carbons (Fsp3) is 0.219. The first-order chi connectivity index (χ1) is 21.7. The Kier molecular flexibility index (Phi) is 11.1. The molecule has 3 aromatic rings. The zero-order valence-corrected chi connectivity index (χ0v) is 25.6. The van der Waals surface area contributed by atoms with Crippen molar-refractivity contribution >= 4 is 41.4 Å². The standard InChI is InChI=1S/C32H32N4O8S/c1-4-42-31(40)28-19(2)34-32(45)35-29(28)23-7-5-6-8-24(23)44-18-27(37)36-33-16-21-11-14-25(26(15-21)41-3)43-17-20-9-12-22(13-10-20)30(38)39/h5-16,29H,4,17-18H2,1-3H3,(H,36,37)(H,38,39)(H2,34,35,45)/t29-/m1/s1. The van der Waals surface area contributed by atoms with Crippen molar-refractivity contribution < 1.29 is 38.4 Å². The number of ether oxygens (including phenoxy) is 4. The molecule has 13 heteroatoms. The molecule has 4 N–H and O–H groups in total. The highest BCUT2D eigenvalue weighted by Gasteiger charge is 2.32. The first-order valence-electron chi connectivity index (χ1n) is 13.8. The van der Waals surface area contributed by atoms with E-state index >= 15 is 0 Å². The van der Waals surface area contributed by atoms with Crippen LogP contribution in [0.15, 0.2) is 83.1 Å². The molecule has 3 aromatic carbocycles. The molecule has 0 spiro atoms. The number of carboxylic acids is 1. The number of allylic oxidation sites excluding steroid dienone is 1. The average Bonchev–Trinajstić information content (AvgIpc) is 3.03. The third-order valence-corrected chi connectivity index (χ3v) is 6.76. The minimum Gasteiger partial charge on any atom is -0.493 e. The van der Waals surface area contributed by atoms with E-state index in [1.165, 1.54) is 25.5 Å². The highest BCUT2D eigenvalue weighted by atomic mass is 32.1. The number of hydrazone groups is 1. The molecule has 0 unspecified atom stereocenters. The number of aromatic carboxylic acids is 1. The molecule has 45 heavy (non-hydrogen) atoms. The molecule has 1 aliphatic heterocycles. The van der Waals surface area contributed by atoms with E-state index in [9.17, 15) is 14.4 Å². The first-order valence-corrected chi connectivity index (χ1v) is 14.2. The average molecular weight is 633 g/mol. The van der Waals surface area contributed by atoms with Gasteiger partial charge in [0.25, 0.3) is 5.91 Å². The summed E-state index contributed by atoms with van der Waals surface area (Å²) in [6.07, 6.45) is 1.45. The largest absolute Gasteiger partial charge is 0.493 e. The van der Waals surface area contributed by atoms with E-state index in [4.69, 9.17) is 36.3 Å². The molecule has 0 aliphatic carbocycles. The summed E-state index contributed by atoms with van der Waals surface area (Å²) < 4.78 is 22.3. The van der Waals surface area contributed by atoms with Crippen LogP contribution in [-0.4, -0.2) is 54.6 Å². The molecule has 0 aromatic heterocycles. The van der Waals surface area contributed by atoms with Crippen LogP contribution in [0.3, 0.4) is 0 Å². The molecule has 0 saturated carbocycles. The maximum absolute atomic E-state index is 12.7. The monoisotopic (exact) mass is 632 g/mol. The molecule has 4 rings (SSSR count). The Balaban J connectivity index is 1.35. The Morgan fingerprint density at radius 2 is 1.78 bits per heavy atom. The van der Waals surface area contributed by atoms with E-state index in [2.05, 4.69) is 21.2 Å². The van der Waals surface area contributed by atoms with Crippen LogP contribution in [0.5, 0.6) is 17.2 Å². The molecule has 12 nitrogen and oxygen atoms in total. The number of carboxylic acid groups (broad SMARTS) is 1. The van der Waals surface area contributed by atoms with Gasteiger partial charge in [-0.25, -0.2) is 15.0 Å². The fourth-order valence-corrected chi connectivity index (χ4v) is 4.67. The van der Waals surface area contributed by atoms with Gasteiger partial charge in [-0.15, -0.1) is 0 Å². The summed E-state index contributed by atoms with van der Waals surface area (Å²) >= 11 is 5.31. The third-order valence-electron chi connectivity index (χ3n) is 6.54. The number of nitrogens with zero attached hydrogens (tertiary/aromatic N) is 1. The smallest absolute Gasteiger partial charge is 0.338 e. The van der Waals surface area contributed by atoms with Crippen molar-refractivity contribution in [2.75, 3.05) is 20.3 Å². The Morgan fingerprint density at radius 3 is 2.49 bits per heavy atom. The minimum atomic E-state index is -0.996. The molecule has 0 radical (unpaired) electrons. The Labute approximate surface area is 265 Å². The summed E-state index contributed by atoms with van der Waals surface area (Å²) in [6, 6.07) is 17.9. The number of thiocarbonyl (C=S) groups is 1. The number of methoxy groups -OCH3 is 1. The summed E-state index contributed by atoms with van der Waals surface area (Å²) in [5, 5.41) is 19.4. The highest BCUT2D eigenvalue weighted by molar-refractivity contribution is 7.80. The molecule has 1 amide bonds. The second kappa shape index (κ2) is 15.3. The van der Waals surface area contributed by atoms with Gasteiger partial charge in [0.2, 0.25) is 0 Å². The molecule has 0 bridgehead atoms. The maximum Gasteiger partial charge on any atom is 0.338 e. The predicted molar refractivity (Wildman–Crippen MR) is 169 cm³/mol. The summed E-state index contributed by atoms with van der Waals surface area (Å²) in [4.78, 5) is 36.3. The lowest BCUT2D eigenvalue weighted by molar-refractivity contribution is -0.139. The lowest BCUT2D eigenvalue weighted by atomic mass is 9.95. The zero-order valence-electron chi connectivity index (χ0n) is 24.8. The van der Waals surface area contributed by atoms with Gasteiger partial charge in [-0.05, 0) is 73.6 Å². The number of benzene rings is 3. The lowest BCUT2D eigenvalue weighted by Gasteiger charge is -2.30. The van der Waals surface area contributed by atoms with Crippen LogP contribution in [-0.2, 0) is 20.9 Å². The van der Waals surface area contributed by atoms with Crippen LogP contribution in [0.2, 0.25) is 0 Å². The number of para-hydroxylation sites is 1. The molecule has 234 valence electrons. The fourth-order valence-electron chi connectivity index (χ4n) is 4.40. The quantitative estimate of drug-likeness (QED) is 0.0939. The van der Waals surface area contributed by atoms with Gasteiger partial charge in [0.15, 0.2) is 23.2 Å². The van der Waals surface area contributed by atoms with Crippen LogP contribution >= 0.6 is 12.2 Å². The number of hydrogen-bond acceptors (Lipinski definition) is 9. The second-order valence-electron chi connectivity index (χ2n) is 9.61. The second-order valence-corrected chi connectivity index (χ2v) is 10.0. The van der Waals surface area contributed by atoms with Crippen LogP contribution < -0.4 is 30.3 Å². The lowest BCUT2D eigenvalue weighted by Crippen LogP contribution is -2.45. The van der Waals surface area contributed by atoms with Gasteiger partial charge in [0, 0.05) is 11.3 Å². The van der Waals surface area contributed by atoms with Crippen molar-refractivity contribution in [3.8, 4) is 17.2 Å². The van der Waals surface area contributed by atoms with Crippen molar-refractivity contribution in [3.63, 3.8) is 0 Å².